The largest absolute Gasteiger partial charge is 0.491 e. The summed E-state index contributed by atoms with van der Waals surface area (Å²) in [5.41, 5.74) is 1.81. The highest BCUT2D eigenvalue weighted by Gasteiger charge is 2.31. The number of pyridine rings is 1. The number of aromatic nitrogens is 1. The summed E-state index contributed by atoms with van der Waals surface area (Å²) in [6.07, 6.45) is -0.599. The molecule has 3 aromatic rings. The van der Waals surface area contributed by atoms with Gasteiger partial charge in [-0.3, -0.25) is 9.69 Å². The minimum Gasteiger partial charge on any atom is -0.491 e. The number of nitrogens with one attached hydrogen (secondary N) is 1. The molecule has 1 fully saturated rings. The maximum atomic E-state index is 11.4. The van der Waals surface area contributed by atoms with Crippen molar-refractivity contribution in [1.29, 1.82) is 0 Å². The van der Waals surface area contributed by atoms with Gasteiger partial charge in [-0.1, -0.05) is 11.6 Å². The molecule has 31 heavy (non-hydrogen) atoms. The van der Waals surface area contributed by atoms with E-state index in [0.717, 1.165) is 29.0 Å². The molecule has 0 saturated carbocycles. The standard InChI is InChI=1S/C24H28ClN3O3/c1-16-12-27(20-6-4-19(25)5-7-20)13-17(2)28(16)14-21(29)15-31-22-8-9-23-18(11-22)3-10-24(30)26-23/h3-11,16-17,21,29H,12-15H2,1-2H3,(H,26,30). The van der Waals surface area contributed by atoms with Gasteiger partial charge in [0.15, 0.2) is 0 Å². The molecule has 0 amide bonds. The fourth-order valence-electron chi connectivity index (χ4n) is 4.29. The SMILES string of the molecule is CC1CN(c2ccc(Cl)cc2)CC(C)N1CC(O)COc1ccc2[nH]c(=O)ccc2c1. The zero-order valence-electron chi connectivity index (χ0n) is 17.8. The first-order chi connectivity index (χ1) is 14.9. The van der Waals surface area contributed by atoms with Gasteiger partial charge in [0.05, 0.1) is 0 Å². The molecule has 1 aromatic heterocycles. The molecule has 6 nitrogen and oxygen atoms in total. The monoisotopic (exact) mass is 441 g/mol. The lowest BCUT2D eigenvalue weighted by Gasteiger charge is -2.46. The summed E-state index contributed by atoms with van der Waals surface area (Å²) in [4.78, 5) is 18.9. The van der Waals surface area contributed by atoms with Crippen LogP contribution in [0.2, 0.25) is 5.02 Å². The van der Waals surface area contributed by atoms with Crippen molar-refractivity contribution in [1.82, 2.24) is 9.88 Å². The van der Waals surface area contributed by atoms with E-state index in [2.05, 4.69) is 40.8 Å². The van der Waals surface area contributed by atoms with Crippen LogP contribution in [0.5, 0.6) is 5.75 Å². The molecule has 2 heterocycles. The fraction of sp³-hybridized carbons (Fsp3) is 0.375. The first kappa shape index (κ1) is 21.7. The van der Waals surface area contributed by atoms with Crippen LogP contribution >= 0.6 is 11.6 Å². The number of piperazine rings is 1. The number of H-pyrrole nitrogens is 1. The van der Waals surface area contributed by atoms with Crippen molar-refractivity contribution < 1.29 is 9.84 Å². The van der Waals surface area contributed by atoms with Gasteiger partial charge >= 0.3 is 0 Å². The Morgan fingerprint density at radius 2 is 1.81 bits per heavy atom. The second kappa shape index (κ2) is 9.30. The molecule has 0 radical (unpaired) electrons. The van der Waals surface area contributed by atoms with Crippen molar-refractivity contribution in [2.24, 2.45) is 0 Å². The van der Waals surface area contributed by atoms with Gasteiger partial charge in [0.1, 0.15) is 18.5 Å². The van der Waals surface area contributed by atoms with Crippen LogP contribution in [0.1, 0.15) is 13.8 Å². The van der Waals surface area contributed by atoms with Crippen molar-refractivity contribution >= 4 is 28.2 Å². The van der Waals surface area contributed by atoms with Crippen LogP contribution in [0.3, 0.4) is 0 Å². The molecular weight excluding hydrogens is 414 g/mol. The molecule has 1 saturated heterocycles. The summed E-state index contributed by atoms with van der Waals surface area (Å²) in [5.74, 6) is 0.673. The normalized spacial score (nSPS) is 20.7. The average Bonchev–Trinajstić information content (AvgIpc) is 2.75. The quantitative estimate of drug-likeness (QED) is 0.612. The van der Waals surface area contributed by atoms with Crippen molar-refractivity contribution in [2.75, 3.05) is 31.1 Å². The highest BCUT2D eigenvalue weighted by atomic mass is 35.5. The number of hydrogen-bond donors (Lipinski definition) is 2. The third-order valence-electron chi connectivity index (χ3n) is 5.85. The molecule has 1 aliphatic rings. The molecule has 0 bridgehead atoms. The highest BCUT2D eigenvalue weighted by Crippen LogP contribution is 2.24. The summed E-state index contributed by atoms with van der Waals surface area (Å²) in [6, 6.07) is 17.3. The zero-order chi connectivity index (χ0) is 22.0. The summed E-state index contributed by atoms with van der Waals surface area (Å²) in [6.45, 7) is 6.93. The smallest absolute Gasteiger partial charge is 0.248 e. The van der Waals surface area contributed by atoms with Crippen LogP contribution in [0.15, 0.2) is 59.4 Å². The van der Waals surface area contributed by atoms with Crippen molar-refractivity contribution in [3.05, 3.63) is 70.0 Å². The van der Waals surface area contributed by atoms with Gasteiger partial charge in [-0.2, -0.15) is 0 Å². The van der Waals surface area contributed by atoms with E-state index >= 15 is 0 Å². The molecule has 1 aliphatic heterocycles. The maximum absolute atomic E-state index is 11.4. The number of halogens is 1. The minimum absolute atomic E-state index is 0.129. The van der Waals surface area contributed by atoms with Gasteiger partial charge < -0.3 is 19.7 Å². The van der Waals surface area contributed by atoms with Gasteiger partial charge in [0.25, 0.3) is 0 Å². The van der Waals surface area contributed by atoms with Crippen molar-refractivity contribution in [2.45, 2.75) is 32.0 Å². The second-order valence-corrected chi connectivity index (χ2v) is 8.75. The van der Waals surface area contributed by atoms with E-state index < -0.39 is 6.10 Å². The topological polar surface area (TPSA) is 68.8 Å². The van der Waals surface area contributed by atoms with Crippen LogP contribution in [-0.4, -0.2) is 59.4 Å². The number of rotatable bonds is 6. The number of aromatic amines is 1. The zero-order valence-corrected chi connectivity index (χ0v) is 18.5. The van der Waals surface area contributed by atoms with E-state index in [-0.39, 0.29) is 12.2 Å². The Bertz CT molecular complexity index is 1070. The summed E-state index contributed by atoms with van der Waals surface area (Å²) in [7, 11) is 0. The van der Waals surface area contributed by atoms with Crippen molar-refractivity contribution in [3.8, 4) is 5.75 Å². The average molecular weight is 442 g/mol. The molecule has 7 heteroatoms. The highest BCUT2D eigenvalue weighted by molar-refractivity contribution is 6.30. The number of ether oxygens (including phenoxy) is 1. The molecule has 3 atom stereocenters. The first-order valence-electron chi connectivity index (χ1n) is 10.6. The third-order valence-corrected chi connectivity index (χ3v) is 6.10. The Hall–Kier alpha value is -2.54. The Morgan fingerprint density at radius 1 is 1.10 bits per heavy atom. The molecule has 0 aliphatic carbocycles. The lowest BCUT2D eigenvalue weighted by atomic mass is 10.1. The van der Waals surface area contributed by atoms with E-state index in [0.29, 0.717) is 24.4 Å². The molecule has 3 unspecified atom stereocenters. The Morgan fingerprint density at radius 3 is 2.52 bits per heavy atom. The number of aliphatic hydroxyl groups excluding tert-OH is 1. The Kier molecular flexibility index (Phi) is 6.51. The van der Waals surface area contributed by atoms with E-state index in [1.54, 1.807) is 12.1 Å². The van der Waals surface area contributed by atoms with Crippen LogP contribution in [0.4, 0.5) is 5.69 Å². The predicted octanol–water partition coefficient (Wildman–Crippen LogP) is 3.52. The van der Waals surface area contributed by atoms with Gasteiger partial charge in [0.2, 0.25) is 5.56 Å². The van der Waals surface area contributed by atoms with Gasteiger partial charge in [0, 0.05) is 59.4 Å². The van der Waals surface area contributed by atoms with Crippen LogP contribution in [0.25, 0.3) is 10.9 Å². The van der Waals surface area contributed by atoms with Crippen LogP contribution in [-0.2, 0) is 0 Å². The Balaban J connectivity index is 1.33. The number of anilines is 1. The minimum atomic E-state index is -0.599. The predicted molar refractivity (Wildman–Crippen MR) is 125 cm³/mol. The number of benzene rings is 2. The van der Waals surface area contributed by atoms with Crippen LogP contribution < -0.4 is 15.2 Å². The number of fused-ring (bicyclic) bond motifs is 1. The van der Waals surface area contributed by atoms with Gasteiger partial charge in [-0.25, -0.2) is 0 Å². The third kappa shape index (κ3) is 5.21. The van der Waals surface area contributed by atoms with E-state index in [4.69, 9.17) is 16.3 Å². The summed E-state index contributed by atoms with van der Waals surface area (Å²) in [5, 5.41) is 12.3. The maximum Gasteiger partial charge on any atom is 0.248 e. The first-order valence-corrected chi connectivity index (χ1v) is 11.0. The second-order valence-electron chi connectivity index (χ2n) is 8.31. The van der Waals surface area contributed by atoms with Gasteiger partial charge in [-0.15, -0.1) is 0 Å². The summed E-state index contributed by atoms with van der Waals surface area (Å²) >= 11 is 6.02. The molecule has 4 rings (SSSR count). The number of hydrogen-bond acceptors (Lipinski definition) is 5. The number of aliphatic hydroxyl groups is 1. The van der Waals surface area contributed by atoms with E-state index in [1.807, 2.05) is 24.3 Å². The molecule has 2 N–H and O–H groups in total. The molecule has 2 aromatic carbocycles. The lowest BCUT2D eigenvalue weighted by Crippen LogP contribution is -2.58. The fourth-order valence-corrected chi connectivity index (χ4v) is 4.42. The summed E-state index contributed by atoms with van der Waals surface area (Å²) < 4.78 is 5.83. The molecule has 164 valence electrons. The number of nitrogens with zero attached hydrogens (tertiary/aromatic N) is 2. The number of β-amino-alcohol motifs (C(OH)–C–C–N with tert-alkyl or cyclic N) is 1. The van der Waals surface area contributed by atoms with E-state index in [9.17, 15) is 9.90 Å². The van der Waals surface area contributed by atoms with E-state index in [1.165, 1.54) is 11.8 Å². The van der Waals surface area contributed by atoms with Crippen molar-refractivity contribution in [3.63, 3.8) is 0 Å². The molecular formula is C24H28ClN3O3. The molecule has 0 spiro atoms. The Labute approximate surface area is 187 Å². The van der Waals surface area contributed by atoms with Gasteiger partial charge in [-0.05, 0) is 62.4 Å². The lowest BCUT2D eigenvalue weighted by molar-refractivity contribution is 0.0318. The van der Waals surface area contributed by atoms with Crippen LogP contribution in [0, 0.1) is 0 Å².